The highest BCUT2D eigenvalue weighted by atomic mass is 35.5. The lowest BCUT2D eigenvalue weighted by molar-refractivity contribution is -0.130. The van der Waals surface area contributed by atoms with Gasteiger partial charge in [0, 0.05) is 35.3 Å². The Morgan fingerprint density at radius 2 is 2.25 bits per heavy atom. The Kier molecular flexibility index (Phi) is 3.26. The lowest BCUT2D eigenvalue weighted by Crippen LogP contribution is -2.31. The molecule has 0 aliphatic heterocycles. The monoisotopic (exact) mass is 290 g/mol. The zero-order chi connectivity index (χ0) is 14.3. The molecule has 5 heteroatoms. The summed E-state index contributed by atoms with van der Waals surface area (Å²) >= 11 is 6.01. The molecular formula is C15H15ClN2O2. The molecule has 20 heavy (non-hydrogen) atoms. The molecule has 0 radical (unpaired) electrons. The van der Waals surface area contributed by atoms with Gasteiger partial charge in [-0.15, -0.1) is 0 Å². The van der Waals surface area contributed by atoms with E-state index in [1.807, 2.05) is 13.1 Å². The second-order valence-corrected chi connectivity index (χ2v) is 5.66. The van der Waals surface area contributed by atoms with Crippen LogP contribution in [0.2, 0.25) is 5.02 Å². The number of amides is 1. The first-order chi connectivity index (χ1) is 9.60. The molecule has 0 bridgehead atoms. The summed E-state index contributed by atoms with van der Waals surface area (Å²) in [6, 6.07) is 5.74. The average molecular weight is 291 g/mol. The van der Waals surface area contributed by atoms with Crippen molar-refractivity contribution in [2.45, 2.75) is 25.4 Å². The molecule has 0 saturated heterocycles. The zero-order valence-electron chi connectivity index (χ0n) is 11.2. The maximum Gasteiger partial charge on any atom is 0.242 e. The fourth-order valence-electron chi connectivity index (χ4n) is 2.44. The number of carbonyl (C=O) groups is 2. The van der Waals surface area contributed by atoms with E-state index in [1.165, 1.54) is 0 Å². The van der Waals surface area contributed by atoms with E-state index in [1.54, 1.807) is 27.8 Å². The van der Waals surface area contributed by atoms with E-state index >= 15 is 0 Å². The smallest absolute Gasteiger partial charge is 0.242 e. The van der Waals surface area contributed by atoms with Crippen LogP contribution in [0.3, 0.4) is 0 Å². The number of carbonyl (C=O) groups excluding carboxylic acids is 2. The van der Waals surface area contributed by atoms with Gasteiger partial charge < -0.3 is 9.47 Å². The number of aromatic nitrogens is 1. The minimum absolute atomic E-state index is 0.0572. The van der Waals surface area contributed by atoms with Gasteiger partial charge in [-0.3, -0.25) is 9.59 Å². The molecular weight excluding hydrogens is 276 g/mol. The standard InChI is InChI=1S/C15H15ClN2O2/c1-17(12-3-4-12)15(20)8-18-7-10(9-19)13-5-2-11(16)6-14(13)18/h2,5-7,9,12H,3-4,8H2,1H3. The Labute approximate surface area is 121 Å². The van der Waals surface area contributed by atoms with Crippen molar-refractivity contribution in [2.24, 2.45) is 0 Å². The molecule has 1 aromatic heterocycles. The second kappa shape index (κ2) is 4.94. The number of benzene rings is 1. The molecule has 1 aliphatic rings. The summed E-state index contributed by atoms with van der Waals surface area (Å²) in [6.07, 6.45) is 4.69. The lowest BCUT2D eigenvalue weighted by atomic mass is 10.2. The third kappa shape index (κ3) is 2.31. The van der Waals surface area contributed by atoms with Crippen molar-refractivity contribution in [3.05, 3.63) is 35.0 Å². The Morgan fingerprint density at radius 3 is 2.90 bits per heavy atom. The van der Waals surface area contributed by atoms with Gasteiger partial charge in [-0.1, -0.05) is 17.7 Å². The SMILES string of the molecule is CN(C(=O)Cn1cc(C=O)c2ccc(Cl)cc21)C1CC1. The van der Waals surface area contributed by atoms with Gasteiger partial charge in [0.15, 0.2) is 6.29 Å². The molecule has 0 atom stereocenters. The number of fused-ring (bicyclic) bond motifs is 1. The quantitative estimate of drug-likeness (QED) is 0.813. The molecule has 1 fully saturated rings. The summed E-state index contributed by atoms with van der Waals surface area (Å²) in [7, 11) is 1.83. The molecule has 3 rings (SSSR count). The summed E-state index contributed by atoms with van der Waals surface area (Å²) in [5, 5.41) is 1.42. The van der Waals surface area contributed by atoms with Crippen LogP contribution < -0.4 is 0 Å². The highest BCUT2D eigenvalue weighted by molar-refractivity contribution is 6.31. The van der Waals surface area contributed by atoms with Crippen LogP contribution in [0.4, 0.5) is 0 Å². The van der Waals surface area contributed by atoms with Crippen LogP contribution in [0.25, 0.3) is 10.9 Å². The summed E-state index contributed by atoms with van der Waals surface area (Å²) in [5.41, 5.74) is 1.40. The second-order valence-electron chi connectivity index (χ2n) is 5.23. The van der Waals surface area contributed by atoms with Crippen molar-refractivity contribution < 1.29 is 9.59 Å². The van der Waals surface area contributed by atoms with Gasteiger partial charge in [0.05, 0.1) is 5.52 Å². The number of rotatable bonds is 4. The molecule has 104 valence electrons. The molecule has 4 nitrogen and oxygen atoms in total. The minimum atomic E-state index is 0.0572. The van der Waals surface area contributed by atoms with Crippen molar-refractivity contribution in [2.75, 3.05) is 7.05 Å². The van der Waals surface area contributed by atoms with E-state index in [9.17, 15) is 9.59 Å². The van der Waals surface area contributed by atoms with Crippen molar-refractivity contribution in [1.82, 2.24) is 9.47 Å². The summed E-state index contributed by atoms with van der Waals surface area (Å²) in [5.74, 6) is 0.0572. The normalized spacial score (nSPS) is 14.5. The first-order valence-electron chi connectivity index (χ1n) is 6.59. The van der Waals surface area contributed by atoms with Crippen LogP contribution in [0.1, 0.15) is 23.2 Å². The van der Waals surface area contributed by atoms with Crippen molar-refractivity contribution in [3.8, 4) is 0 Å². The lowest BCUT2D eigenvalue weighted by Gasteiger charge is -2.17. The van der Waals surface area contributed by atoms with Gasteiger partial charge in [-0.2, -0.15) is 0 Å². The van der Waals surface area contributed by atoms with E-state index in [4.69, 9.17) is 11.6 Å². The maximum absolute atomic E-state index is 12.2. The summed E-state index contributed by atoms with van der Waals surface area (Å²) in [6.45, 7) is 0.234. The van der Waals surface area contributed by atoms with Crippen LogP contribution in [0.5, 0.6) is 0 Å². The number of hydrogen-bond acceptors (Lipinski definition) is 2. The highest BCUT2D eigenvalue weighted by Crippen LogP contribution is 2.27. The van der Waals surface area contributed by atoms with E-state index in [2.05, 4.69) is 0 Å². The number of nitrogens with zero attached hydrogens (tertiary/aromatic N) is 2. The fourth-order valence-corrected chi connectivity index (χ4v) is 2.61. The molecule has 1 aromatic carbocycles. The van der Waals surface area contributed by atoms with Crippen molar-refractivity contribution in [1.29, 1.82) is 0 Å². The molecule has 0 N–H and O–H groups in total. The predicted octanol–water partition coefficient (Wildman–Crippen LogP) is 2.73. The van der Waals surface area contributed by atoms with E-state index < -0.39 is 0 Å². The molecule has 2 aromatic rings. The van der Waals surface area contributed by atoms with Gasteiger partial charge in [-0.05, 0) is 25.0 Å². The zero-order valence-corrected chi connectivity index (χ0v) is 11.9. The van der Waals surface area contributed by atoms with Crippen molar-refractivity contribution >= 4 is 34.7 Å². The maximum atomic E-state index is 12.2. The Bertz CT molecular complexity index is 688. The van der Waals surface area contributed by atoms with Gasteiger partial charge in [-0.25, -0.2) is 0 Å². The van der Waals surface area contributed by atoms with Gasteiger partial charge in [0.2, 0.25) is 5.91 Å². The van der Waals surface area contributed by atoms with Crippen molar-refractivity contribution in [3.63, 3.8) is 0 Å². The molecule has 1 saturated carbocycles. The topological polar surface area (TPSA) is 42.3 Å². The third-order valence-electron chi connectivity index (χ3n) is 3.80. The Balaban J connectivity index is 1.95. The van der Waals surface area contributed by atoms with E-state index in [-0.39, 0.29) is 12.5 Å². The predicted molar refractivity (Wildman–Crippen MR) is 78.1 cm³/mol. The minimum Gasteiger partial charge on any atom is -0.341 e. The van der Waals surface area contributed by atoms with Gasteiger partial charge in [0.1, 0.15) is 6.54 Å². The first-order valence-corrected chi connectivity index (χ1v) is 6.97. The Hall–Kier alpha value is -1.81. The molecule has 0 unspecified atom stereocenters. The number of hydrogen-bond donors (Lipinski definition) is 0. The molecule has 0 spiro atoms. The Morgan fingerprint density at radius 1 is 1.50 bits per heavy atom. The largest absolute Gasteiger partial charge is 0.341 e. The third-order valence-corrected chi connectivity index (χ3v) is 4.03. The number of aldehydes is 1. The van der Waals surface area contributed by atoms with Crippen LogP contribution in [-0.2, 0) is 11.3 Å². The fraction of sp³-hybridized carbons (Fsp3) is 0.333. The molecule has 1 amide bonds. The highest BCUT2D eigenvalue weighted by Gasteiger charge is 2.29. The molecule has 1 aliphatic carbocycles. The van der Waals surface area contributed by atoms with Crippen LogP contribution >= 0.6 is 11.6 Å². The van der Waals surface area contributed by atoms with E-state index in [0.717, 1.165) is 30.0 Å². The summed E-state index contributed by atoms with van der Waals surface area (Å²) in [4.78, 5) is 25.1. The van der Waals surface area contributed by atoms with Crippen LogP contribution in [-0.4, -0.2) is 34.7 Å². The van der Waals surface area contributed by atoms with Crippen LogP contribution in [0, 0.1) is 0 Å². The first kappa shape index (κ1) is 13.2. The van der Waals surface area contributed by atoms with Crippen LogP contribution in [0.15, 0.2) is 24.4 Å². The average Bonchev–Trinajstić information content (AvgIpc) is 3.22. The number of halogens is 1. The molecule has 1 heterocycles. The summed E-state index contributed by atoms with van der Waals surface area (Å²) < 4.78 is 1.80. The van der Waals surface area contributed by atoms with Gasteiger partial charge in [0.25, 0.3) is 0 Å². The number of likely N-dealkylation sites (N-methyl/N-ethyl adjacent to an activating group) is 1. The van der Waals surface area contributed by atoms with E-state index in [0.29, 0.717) is 16.6 Å². The van der Waals surface area contributed by atoms with Gasteiger partial charge >= 0.3 is 0 Å².